The second-order valence-electron chi connectivity index (χ2n) is 5.97. The molecule has 120 valence electrons. The maximum Gasteiger partial charge on any atom is 0.252 e. The van der Waals surface area contributed by atoms with Gasteiger partial charge in [0.15, 0.2) is 0 Å². The SMILES string of the molecule is Cc1ccc([C@H](NC(=O)c2cccc(C)c2)c2cccnc2)cc1. The van der Waals surface area contributed by atoms with Gasteiger partial charge in [-0.1, -0.05) is 53.6 Å². The first-order valence-corrected chi connectivity index (χ1v) is 7.97. The summed E-state index contributed by atoms with van der Waals surface area (Å²) in [5, 5.41) is 3.13. The molecule has 0 saturated heterocycles. The van der Waals surface area contributed by atoms with E-state index in [-0.39, 0.29) is 11.9 Å². The molecule has 0 radical (unpaired) electrons. The molecular weight excluding hydrogens is 296 g/mol. The van der Waals surface area contributed by atoms with Gasteiger partial charge >= 0.3 is 0 Å². The van der Waals surface area contributed by atoms with E-state index in [1.54, 1.807) is 12.4 Å². The molecule has 24 heavy (non-hydrogen) atoms. The molecular formula is C21H20N2O. The summed E-state index contributed by atoms with van der Waals surface area (Å²) in [6.07, 6.45) is 3.53. The zero-order valence-electron chi connectivity index (χ0n) is 13.9. The third-order valence-electron chi connectivity index (χ3n) is 3.98. The number of nitrogens with zero attached hydrogens (tertiary/aromatic N) is 1. The third kappa shape index (κ3) is 3.69. The summed E-state index contributed by atoms with van der Waals surface area (Å²) >= 11 is 0. The standard InChI is InChI=1S/C21H20N2O/c1-15-8-10-17(11-9-15)20(19-7-4-12-22-14-19)23-21(24)18-6-3-5-16(2)13-18/h3-14,20H,1-2H3,(H,23,24)/t20-/m0/s1. The molecule has 0 unspecified atom stereocenters. The number of hydrogen-bond acceptors (Lipinski definition) is 2. The maximum absolute atomic E-state index is 12.7. The molecule has 3 heteroatoms. The molecule has 1 heterocycles. The molecule has 3 rings (SSSR count). The van der Waals surface area contributed by atoms with Crippen LogP contribution in [-0.4, -0.2) is 10.9 Å². The first-order valence-electron chi connectivity index (χ1n) is 7.97. The Hall–Kier alpha value is -2.94. The van der Waals surface area contributed by atoms with E-state index in [1.807, 2.05) is 62.4 Å². The number of aryl methyl sites for hydroxylation is 2. The molecule has 0 bridgehead atoms. The van der Waals surface area contributed by atoms with Crippen molar-refractivity contribution in [3.8, 4) is 0 Å². The van der Waals surface area contributed by atoms with Gasteiger partial charge in [0.05, 0.1) is 6.04 Å². The number of rotatable bonds is 4. The number of carbonyl (C=O) groups is 1. The van der Waals surface area contributed by atoms with Crippen molar-refractivity contribution in [3.05, 3.63) is 101 Å². The summed E-state index contributed by atoms with van der Waals surface area (Å²) in [7, 11) is 0. The molecule has 0 aliphatic carbocycles. The van der Waals surface area contributed by atoms with Crippen LogP contribution < -0.4 is 5.32 Å². The van der Waals surface area contributed by atoms with E-state index >= 15 is 0 Å². The van der Waals surface area contributed by atoms with Gasteiger partial charge in [-0.2, -0.15) is 0 Å². The van der Waals surface area contributed by atoms with Gasteiger partial charge in [0, 0.05) is 18.0 Å². The van der Waals surface area contributed by atoms with Crippen molar-refractivity contribution in [3.63, 3.8) is 0 Å². The van der Waals surface area contributed by atoms with Crippen LogP contribution in [0.2, 0.25) is 0 Å². The molecule has 1 amide bonds. The van der Waals surface area contributed by atoms with Crippen molar-refractivity contribution in [1.82, 2.24) is 10.3 Å². The van der Waals surface area contributed by atoms with Crippen LogP contribution in [0.4, 0.5) is 0 Å². The normalized spacial score (nSPS) is 11.8. The van der Waals surface area contributed by atoms with Crippen LogP contribution in [0.25, 0.3) is 0 Å². The molecule has 0 aliphatic rings. The zero-order valence-corrected chi connectivity index (χ0v) is 13.9. The summed E-state index contributed by atoms with van der Waals surface area (Å²) in [6.45, 7) is 4.03. The quantitative estimate of drug-likeness (QED) is 0.783. The second-order valence-corrected chi connectivity index (χ2v) is 5.97. The average molecular weight is 316 g/mol. The van der Waals surface area contributed by atoms with E-state index in [1.165, 1.54) is 5.56 Å². The van der Waals surface area contributed by atoms with E-state index in [4.69, 9.17) is 0 Å². The monoisotopic (exact) mass is 316 g/mol. The Labute approximate surface area is 142 Å². The molecule has 0 aliphatic heterocycles. The van der Waals surface area contributed by atoms with Crippen molar-refractivity contribution in [2.45, 2.75) is 19.9 Å². The van der Waals surface area contributed by atoms with E-state index in [0.717, 1.165) is 16.7 Å². The molecule has 2 aromatic carbocycles. The van der Waals surface area contributed by atoms with Gasteiger partial charge in [0.2, 0.25) is 0 Å². The summed E-state index contributed by atoms with van der Waals surface area (Å²) in [5.41, 5.74) is 4.91. The lowest BCUT2D eigenvalue weighted by atomic mass is 9.98. The van der Waals surface area contributed by atoms with Crippen molar-refractivity contribution in [2.75, 3.05) is 0 Å². The predicted octanol–water partition coefficient (Wildman–Crippen LogP) is 4.22. The van der Waals surface area contributed by atoms with E-state index < -0.39 is 0 Å². The topological polar surface area (TPSA) is 42.0 Å². The fraction of sp³-hybridized carbons (Fsp3) is 0.143. The smallest absolute Gasteiger partial charge is 0.252 e. The minimum absolute atomic E-state index is 0.0897. The second kappa shape index (κ2) is 7.09. The summed E-state index contributed by atoms with van der Waals surface area (Å²) in [5.74, 6) is -0.0897. The largest absolute Gasteiger partial charge is 0.341 e. The highest BCUT2D eigenvalue weighted by molar-refractivity contribution is 5.94. The minimum Gasteiger partial charge on any atom is -0.341 e. The predicted molar refractivity (Wildman–Crippen MR) is 95.9 cm³/mol. The molecule has 1 aromatic heterocycles. The maximum atomic E-state index is 12.7. The lowest BCUT2D eigenvalue weighted by Crippen LogP contribution is -2.29. The number of aromatic nitrogens is 1. The Balaban J connectivity index is 1.93. The third-order valence-corrected chi connectivity index (χ3v) is 3.98. The molecule has 0 spiro atoms. The van der Waals surface area contributed by atoms with Gasteiger partial charge in [-0.15, -0.1) is 0 Å². The van der Waals surface area contributed by atoms with E-state index in [9.17, 15) is 4.79 Å². The van der Waals surface area contributed by atoms with Gasteiger partial charge in [-0.3, -0.25) is 9.78 Å². The lowest BCUT2D eigenvalue weighted by Gasteiger charge is -2.20. The highest BCUT2D eigenvalue weighted by Gasteiger charge is 2.18. The van der Waals surface area contributed by atoms with Gasteiger partial charge in [0.1, 0.15) is 0 Å². The van der Waals surface area contributed by atoms with Crippen LogP contribution in [0.1, 0.15) is 38.7 Å². The Morgan fingerprint density at radius 1 is 0.917 bits per heavy atom. The van der Waals surface area contributed by atoms with Crippen LogP contribution in [0, 0.1) is 13.8 Å². The van der Waals surface area contributed by atoms with Crippen LogP contribution in [-0.2, 0) is 0 Å². The van der Waals surface area contributed by atoms with E-state index in [0.29, 0.717) is 5.56 Å². The molecule has 1 atom stereocenters. The first-order chi connectivity index (χ1) is 11.6. The number of pyridine rings is 1. The number of nitrogens with one attached hydrogen (secondary N) is 1. The molecule has 0 fully saturated rings. The lowest BCUT2D eigenvalue weighted by molar-refractivity contribution is 0.0943. The fourth-order valence-corrected chi connectivity index (χ4v) is 2.67. The summed E-state index contributed by atoms with van der Waals surface area (Å²) in [4.78, 5) is 16.9. The molecule has 3 nitrogen and oxygen atoms in total. The highest BCUT2D eigenvalue weighted by atomic mass is 16.1. The minimum atomic E-state index is -0.229. The molecule has 3 aromatic rings. The molecule has 0 saturated carbocycles. The first kappa shape index (κ1) is 15.9. The van der Waals surface area contributed by atoms with E-state index in [2.05, 4.69) is 22.4 Å². The Morgan fingerprint density at radius 2 is 1.71 bits per heavy atom. The van der Waals surface area contributed by atoms with Crippen molar-refractivity contribution < 1.29 is 4.79 Å². The summed E-state index contributed by atoms with van der Waals surface area (Å²) < 4.78 is 0. The van der Waals surface area contributed by atoms with Gasteiger partial charge < -0.3 is 5.32 Å². The van der Waals surface area contributed by atoms with Crippen LogP contribution in [0.5, 0.6) is 0 Å². The van der Waals surface area contributed by atoms with Crippen molar-refractivity contribution in [2.24, 2.45) is 0 Å². The Bertz CT molecular complexity index is 826. The number of carbonyl (C=O) groups excluding carboxylic acids is 1. The summed E-state index contributed by atoms with van der Waals surface area (Å²) in [6, 6.07) is 19.4. The van der Waals surface area contributed by atoms with Crippen molar-refractivity contribution >= 4 is 5.91 Å². The molecule has 1 N–H and O–H groups in total. The fourth-order valence-electron chi connectivity index (χ4n) is 2.67. The van der Waals surface area contributed by atoms with Crippen molar-refractivity contribution in [1.29, 1.82) is 0 Å². The number of benzene rings is 2. The average Bonchev–Trinajstić information content (AvgIpc) is 2.61. The highest BCUT2D eigenvalue weighted by Crippen LogP contribution is 2.22. The zero-order chi connectivity index (χ0) is 16.9. The van der Waals surface area contributed by atoms with Crippen LogP contribution in [0.3, 0.4) is 0 Å². The Morgan fingerprint density at radius 3 is 2.38 bits per heavy atom. The van der Waals surface area contributed by atoms with Gasteiger partial charge in [-0.25, -0.2) is 0 Å². The van der Waals surface area contributed by atoms with Crippen LogP contribution in [0.15, 0.2) is 73.1 Å². The number of hydrogen-bond donors (Lipinski definition) is 1. The van der Waals surface area contributed by atoms with Crippen LogP contribution >= 0.6 is 0 Å². The number of amides is 1. The van der Waals surface area contributed by atoms with Gasteiger partial charge in [-0.05, 0) is 43.2 Å². The Kier molecular flexibility index (Phi) is 4.71. The van der Waals surface area contributed by atoms with Gasteiger partial charge in [0.25, 0.3) is 5.91 Å².